The van der Waals surface area contributed by atoms with Gasteiger partial charge in [0.25, 0.3) is 0 Å². The summed E-state index contributed by atoms with van der Waals surface area (Å²) in [5.41, 5.74) is 2.17. The third kappa shape index (κ3) is 1.71. The molecule has 2 nitrogen and oxygen atoms in total. The SMILES string of the molecule is C=CCc1cc[nH]c1CC#N. The fourth-order valence-electron chi connectivity index (χ4n) is 1.03. The Kier molecular flexibility index (Phi) is 2.51. The first-order chi connectivity index (χ1) is 5.38. The molecule has 0 aliphatic rings. The van der Waals surface area contributed by atoms with Crippen molar-refractivity contribution >= 4 is 0 Å². The van der Waals surface area contributed by atoms with Gasteiger partial charge in [-0.05, 0) is 18.1 Å². The number of nitrogens with zero attached hydrogens (tertiary/aromatic N) is 1. The summed E-state index contributed by atoms with van der Waals surface area (Å²) in [6.45, 7) is 3.64. The van der Waals surface area contributed by atoms with Gasteiger partial charge in [-0.1, -0.05) is 6.08 Å². The lowest BCUT2D eigenvalue weighted by atomic mass is 10.1. The molecule has 0 saturated carbocycles. The predicted octanol–water partition coefficient (Wildman–Crippen LogP) is 1.81. The standard InChI is InChI=1S/C9H10N2/c1-2-3-8-5-7-11-9(8)4-6-10/h2,5,7,11H,1,3-4H2. The van der Waals surface area contributed by atoms with Gasteiger partial charge >= 0.3 is 0 Å². The van der Waals surface area contributed by atoms with E-state index in [-0.39, 0.29) is 0 Å². The van der Waals surface area contributed by atoms with Gasteiger partial charge in [0.15, 0.2) is 0 Å². The molecule has 1 rings (SSSR count). The van der Waals surface area contributed by atoms with Gasteiger partial charge in [-0.2, -0.15) is 5.26 Å². The third-order valence-electron chi connectivity index (χ3n) is 1.55. The van der Waals surface area contributed by atoms with Gasteiger partial charge in [0, 0.05) is 11.9 Å². The molecule has 0 fully saturated rings. The number of nitrogens with one attached hydrogen (secondary N) is 1. The first kappa shape index (κ1) is 7.62. The van der Waals surface area contributed by atoms with Crippen LogP contribution in [0.4, 0.5) is 0 Å². The van der Waals surface area contributed by atoms with Crippen molar-refractivity contribution in [1.29, 1.82) is 5.26 Å². The third-order valence-corrected chi connectivity index (χ3v) is 1.55. The van der Waals surface area contributed by atoms with E-state index in [2.05, 4.69) is 17.6 Å². The molecule has 0 bridgehead atoms. The molecular weight excluding hydrogens is 136 g/mol. The van der Waals surface area contributed by atoms with Crippen molar-refractivity contribution in [3.8, 4) is 6.07 Å². The highest BCUT2D eigenvalue weighted by Gasteiger charge is 1.99. The van der Waals surface area contributed by atoms with Crippen molar-refractivity contribution in [3.63, 3.8) is 0 Å². The summed E-state index contributed by atoms with van der Waals surface area (Å²) in [5.74, 6) is 0. The summed E-state index contributed by atoms with van der Waals surface area (Å²) >= 11 is 0. The fourth-order valence-corrected chi connectivity index (χ4v) is 1.03. The maximum atomic E-state index is 8.43. The second-order valence-corrected chi connectivity index (χ2v) is 2.31. The molecule has 0 radical (unpaired) electrons. The smallest absolute Gasteiger partial charge is 0.0755 e. The lowest BCUT2D eigenvalue weighted by molar-refractivity contribution is 1.10. The average molecular weight is 146 g/mol. The van der Waals surface area contributed by atoms with E-state index in [1.54, 1.807) is 0 Å². The van der Waals surface area contributed by atoms with Crippen LogP contribution in [0.3, 0.4) is 0 Å². The Morgan fingerprint density at radius 1 is 1.73 bits per heavy atom. The fraction of sp³-hybridized carbons (Fsp3) is 0.222. The van der Waals surface area contributed by atoms with E-state index < -0.39 is 0 Å². The molecule has 1 N–H and O–H groups in total. The monoisotopic (exact) mass is 146 g/mol. The van der Waals surface area contributed by atoms with Gasteiger partial charge in [0.05, 0.1) is 12.5 Å². The second-order valence-electron chi connectivity index (χ2n) is 2.31. The minimum absolute atomic E-state index is 0.455. The summed E-state index contributed by atoms with van der Waals surface area (Å²) in [4.78, 5) is 3.02. The summed E-state index contributed by atoms with van der Waals surface area (Å²) in [7, 11) is 0. The van der Waals surface area contributed by atoms with Crippen LogP contribution in [0.15, 0.2) is 24.9 Å². The zero-order chi connectivity index (χ0) is 8.10. The second kappa shape index (κ2) is 3.62. The summed E-state index contributed by atoms with van der Waals surface area (Å²) in [5, 5.41) is 8.43. The van der Waals surface area contributed by atoms with Gasteiger partial charge in [-0.15, -0.1) is 6.58 Å². The van der Waals surface area contributed by atoms with Crippen LogP contribution in [-0.2, 0) is 12.8 Å². The molecule has 11 heavy (non-hydrogen) atoms. The van der Waals surface area contributed by atoms with Crippen LogP contribution in [0, 0.1) is 11.3 Å². The van der Waals surface area contributed by atoms with Crippen LogP contribution in [0.25, 0.3) is 0 Å². The van der Waals surface area contributed by atoms with E-state index in [1.807, 2.05) is 18.3 Å². The molecule has 56 valence electrons. The highest BCUT2D eigenvalue weighted by molar-refractivity contribution is 5.24. The maximum absolute atomic E-state index is 8.43. The number of aromatic amines is 1. The van der Waals surface area contributed by atoms with Crippen LogP contribution >= 0.6 is 0 Å². The van der Waals surface area contributed by atoms with Crippen LogP contribution < -0.4 is 0 Å². The van der Waals surface area contributed by atoms with E-state index in [4.69, 9.17) is 5.26 Å². The topological polar surface area (TPSA) is 39.6 Å². The Bertz CT molecular complexity index is 278. The molecule has 1 aromatic rings. The molecule has 1 heterocycles. The van der Waals surface area contributed by atoms with E-state index in [9.17, 15) is 0 Å². The Morgan fingerprint density at radius 3 is 3.18 bits per heavy atom. The molecule has 2 heteroatoms. The van der Waals surface area contributed by atoms with E-state index in [1.165, 1.54) is 5.56 Å². The first-order valence-electron chi connectivity index (χ1n) is 3.51. The van der Waals surface area contributed by atoms with Crippen LogP contribution in [-0.4, -0.2) is 4.98 Å². The summed E-state index contributed by atoms with van der Waals surface area (Å²) in [6.07, 6.45) is 4.98. The van der Waals surface area contributed by atoms with Crippen molar-refractivity contribution in [3.05, 3.63) is 36.2 Å². The van der Waals surface area contributed by atoms with E-state index >= 15 is 0 Å². The Morgan fingerprint density at radius 2 is 2.55 bits per heavy atom. The molecule has 0 unspecified atom stereocenters. The summed E-state index contributed by atoms with van der Waals surface area (Å²) < 4.78 is 0. The Labute approximate surface area is 66.2 Å². The quantitative estimate of drug-likeness (QED) is 0.649. The predicted molar refractivity (Wildman–Crippen MR) is 44.0 cm³/mol. The Balaban J connectivity index is 2.79. The zero-order valence-electron chi connectivity index (χ0n) is 6.30. The minimum atomic E-state index is 0.455. The average Bonchev–Trinajstić information content (AvgIpc) is 2.39. The number of hydrogen-bond acceptors (Lipinski definition) is 1. The van der Waals surface area contributed by atoms with Gasteiger partial charge in [-0.25, -0.2) is 0 Å². The highest BCUT2D eigenvalue weighted by Crippen LogP contribution is 2.07. The maximum Gasteiger partial charge on any atom is 0.0755 e. The molecule has 0 amide bonds. The van der Waals surface area contributed by atoms with Crippen LogP contribution in [0.5, 0.6) is 0 Å². The molecule has 0 spiro atoms. The minimum Gasteiger partial charge on any atom is -0.364 e. The van der Waals surface area contributed by atoms with Crippen molar-refractivity contribution < 1.29 is 0 Å². The van der Waals surface area contributed by atoms with Gasteiger partial charge < -0.3 is 4.98 Å². The van der Waals surface area contributed by atoms with Crippen LogP contribution in [0.1, 0.15) is 11.3 Å². The van der Waals surface area contributed by atoms with Crippen LogP contribution in [0.2, 0.25) is 0 Å². The molecule has 0 aromatic carbocycles. The number of aromatic nitrogens is 1. The normalized spacial score (nSPS) is 9.00. The largest absolute Gasteiger partial charge is 0.364 e. The van der Waals surface area contributed by atoms with E-state index in [0.29, 0.717) is 6.42 Å². The molecule has 0 atom stereocenters. The van der Waals surface area contributed by atoms with E-state index in [0.717, 1.165) is 12.1 Å². The van der Waals surface area contributed by atoms with Crippen molar-refractivity contribution in [2.75, 3.05) is 0 Å². The lowest BCUT2D eigenvalue weighted by Gasteiger charge is -1.93. The molecule has 0 aliphatic heterocycles. The van der Waals surface area contributed by atoms with Gasteiger partial charge in [0.2, 0.25) is 0 Å². The molecule has 1 aromatic heterocycles. The van der Waals surface area contributed by atoms with Gasteiger partial charge in [-0.3, -0.25) is 0 Å². The molecule has 0 saturated heterocycles. The lowest BCUT2D eigenvalue weighted by Crippen LogP contribution is -1.87. The molecule has 0 aliphatic carbocycles. The number of nitriles is 1. The highest BCUT2D eigenvalue weighted by atomic mass is 14.7. The summed E-state index contributed by atoms with van der Waals surface area (Å²) in [6, 6.07) is 4.08. The number of H-pyrrole nitrogens is 1. The number of rotatable bonds is 3. The van der Waals surface area contributed by atoms with Crippen molar-refractivity contribution in [2.45, 2.75) is 12.8 Å². The number of hydrogen-bond donors (Lipinski definition) is 1. The molecular formula is C9H10N2. The zero-order valence-corrected chi connectivity index (χ0v) is 6.30. The van der Waals surface area contributed by atoms with Crippen molar-refractivity contribution in [1.82, 2.24) is 4.98 Å². The van der Waals surface area contributed by atoms with Gasteiger partial charge in [0.1, 0.15) is 0 Å². The number of allylic oxidation sites excluding steroid dienone is 1. The first-order valence-corrected chi connectivity index (χ1v) is 3.51. The van der Waals surface area contributed by atoms with Crippen molar-refractivity contribution in [2.24, 2.45) is 0 Å². The Hall–Kier alpha value is -1.49.